The summed E-state index contributed by atoms with van der Waals surface area (Å²) in [6.45, 7) is 8.69. The quantitative estimate of drug-likeness (QED) is 0.632. The Labute approximate surface area is 180 Å². The predicted octanol–water partition coefficient (Wildman–Crippen LogP) is 2.69. The summed E-state index contributed by atoms with van der Waals surface area (Å²) in [4.78, 5) is 34.1. The van der Waals surface area contributed by atoms with Gasteiger partial charge in [0, 0.05) is 31.1 Å². The predicted molar refractivity (Wildman–Crippen MR) is 122 cm³/mol. The van der Waals surface area contributed by atoms with E-state index < -0.39 is 0 Å². The summed E-state index contributed by atoms with van der Waals surface area (Å²) < 4.78 is 3.24. The summed E-state index contributed by atoms with van der Waals surface area (Å²) in [6, 6.07) is 9.35. The summed E-state index contributed by atoms with van der Waals surface area (Å²) in [7, 11) is 0. The van der Waals surface area contributed by atoms with Crippen LogP contribution in [0.1, 0.15) is 30.2 Å². The van der Waals surface area contributed by atoms with E-state index >= 15 is 0 Å². The van der Waals surface area contributed by atoms with Gasteiger partial charge in [-0.15, -0.1) is 11.3 Å². The van der Waals surface area contributed by atoms with Crippen molar-refractivity contribution in [3.05, 3.63) is 61.6 Å². The molecular weight excluding hydrogens is 396 g/mol. The fraction of sp³-hybridized carbons (Fsp3) is 0.478. The van der Waals surface area contributed by atoms with E-state index in [-0.39, 0.29) is 11.2 Å². The van der Waals surface area contributed by atoms with Gasteiger partial charge in [-0.2, -0.15) is 0 Å². The molecule has 0 unspecified atom stereocenters. The van der Waals surface area contributed by atoms with Crippen LogP contribution in [-0.4, -0.2) is 51.7 Å². The fourth-order valence-corrected chi connectivity index (χ4v) is 6.18. The Bertz CT molecular complexity index is 1170. The molecule has 0 aliphatic carbocycles. The van der Waals surface area contributed by atoms with Crippen molar-refractivity contribution in [3.63, 3.8) is 0 Å². The van der Waals surface area contributed by atoms with Crippen LogP contribution in [0.4, 0.5) is 0 Å². The van der Waals surface area contributed by atoms with Gasteiger partial charge in [0.15, 0.2) is 0 Å². The Hall–Kier alpha value is -2.22. The van der Waals surface area contributed by atoms with Gasteiger partial charge in [0.25, 0.3) is 5.56 Å². The van der Waals surface area contributed by atoms with Gasteiger partial charge in [0.1, 0.15) is 4.83 Å². The number of hydrogen-bond donors (Lipinski definition) is 0. The second-order valence-corrected chi connectivity index (χ2v) is 9.35. The van der Waals surface area contributed by atoms with Crippen LogP contribution < -0.4 is 11.2 Å². The number of thiophene rings is 1. The molecule has 0 N–H and O–H groups in total. The highest BCUT2D eigenvalue weighted by atomic mass is 32.1. The molecule has 3 aromatic rings. The highest BCUT2D eigenvalue weighted by Crippen LogP contribution is 2.33. The number of aromatic nitrogens is 2. The molecule has 158 valence electrons. The van der Waals surface area contributed by atoms with E-state index in [0.717, 1.165) is 61.5 Å². The Morgan fingerprint density at radius 2 is 1.73 bits per heavy atom. The lowest BCUT2D eigenvalue weighted by Gasteiger charge is -2.24. The van der Waals surface area contributed by atoms with Gasteiger partial charge in [-0.25, -0.2) is 9.36 Å². The molecule has 30 heavy (non-hydrogen) atoms. The second-order valence-electron chi connectivity index (χ2n) is 8.26. The zero-order valence-electron chi connectivity index (χ0n) is 17.5. The first-order valence-corrected chi connectivity index (χ1v) is 11.8. The van der Waals surface area contributed by atoms with E-state index in [9.17, 15) is 9.59 Å². The van der Waals surface area contributed by atoms with E-state index in [0.29, 0.717) is 12.2 Å². The molecule has 6 nitrogen and oxygen atoms in total. The van der Waals surface area contributed by atoms with Crippen molar-refractivity contribution in [1.82, 2.24) is 18.9 Å². The maximum absolute atomic E-state index is 13.6. The van der Waals surface area contributed by atoms with Crippen molar-refractivity contribution < 1.29 is 0 Å². The molecule has 1 fully saturated rings. The summed E-state index contributed by atoms with van der Waals surface area (Å²) >= 11 is 1.65. The van der Waals surface area contributed by atoms with E-state index in [1.807, 2.05) is 34.9 Å². The lowest BCUT2D eigenvalue weighted by atomic mass is 10.1. The van der Waals surface area contributed by atoms with Crippen LogP contribution in [0.2, 0.25) is 0 Å². The number of rotatable bonds is 5. The van der Waals surface area contributed by atoms with Crippen LogP contribution in [-0.2, 0) is 19.5 Å². The molecule has 0 bridgehead atoms. The van der Waals surface area contributed by atoms with Gasteiger partial charge in [-0.1, -0.05) is 25.1 Å². The third-order valence-electron chi connectivity index (χ3n) is 6.50. The number of likely N-dealkylation sites (tertiary alicyclic amines) is 1. The van der Waals surface area contributed by atoms with Gasteiger partial charge in [-0.3, -0.25) is 14.3 Å². The fourth-order valence-electron chi connectivity index (χ4n) is 4.78. The van der Waals surface area contributed by atoms with Crippen LogP contribution in [0.25, 0.3) is 15.9 Å². The van der Waals surface area contributed by atoms with E-state index in [1.165, 1.54) is 22.3 Å². The van der Waals surface area contributed by atoms with Crippen LogP contribution >= 0.6 is 11.3 Å². The molecule has 4 heterocycles. The standard InChI is InChI=1S/C23H28N4O2S/c1-2-24-13-10-18-19(16-24)30-22-20(18)21(28)27(17-8-4-3-5-9-17)23(29)26(22)15-14-25-11-6-7-12-25/h3-5,8-9H,2,6-7,10-16H2,1H3. The molecule has 1 saturated heterocycles. The van der Waals surface area contributed by atoms with Crippen molar-refractivity contribution in [2.45, 2.75) is 39.3 Å². The number of para-hydroxylation sites is 1. The SMILES string of the molecule is CCN1CCc2c(sc3c2c(=O)n(-c2ccccc2)c(=O)n3CCN2CCCC2)C1. The molecule has 5 rings (SSSR count). The molecule has 0 saturated carbocycles. The monoisotopic (exact) mass is 424 g/mol. The van der Waals surface area contributed by atoms with Crippen molar-refractivity contribution in [2.24, 2.45) is 0 Å². The van der Waals surface area contributed by atoms with Crippen molar-refractivity contribution in [2.75, 3.05) is 32.7 Å². The molecule has 2 aliphatic heterocycles. The summed E-state index contributed by atoms with van der Waals surface area (Å²) in [5.41, 5.74) is 1.42. The van der Waals surface area contributed by atoms with Gasteiger partial charge in [0.05, 0.1) is 11.1 Å². The maximum Gasteiger partial charge on any atom is 0.336 e. The molecule has 1 aromatic carbocycles. The number of likely N-dealkylation sites (N-methyl/N-ethyl adjacent to an activating group) is 1. The molecule has 2 aromatic heterocycles. The molecule has 2 aliphatic rings. The summed E-state index contributed by atoms with van der Waals surface area (Å²) in [5, 5.41) is 0.760. The minimum absolute atomic E-state index is 0.166. The molecule has 0 spiro atoms. The lowest BCUT2D eigenvalue weighted by Crippen LogP contribution is -2.40. The number of benzene rings is 1. The molecular formula is C23H28N4O2S. The van der Waals surface area contributed by atoms with Gasteiger partial charge < -0.3 is 4.90 Å². The minimum Gasteiger partial charge on any atom is -0.302 e. The molecule has 7 heteroatoms. The average Bonchev–Trinajstić information content (AvgIpc) is 3.41. The van der Waals surface area contributed by atoms with Gasteiger partial charge in [-0.05, 0) is 56.6 Å². The highest BCUT2D eigenvalue weighted by Gasteiger charge is 2.26. The number of nitrogens with zero attached hydrogens (tertiary/aromatic N) is 4. The highest BCUT2D eigenvalue weighted by molar-refractivity contribution is 7.18. The lowest BCUT2D eigenvalue weighted by molar-refractivity contribution is 0.272. The van der Waals surface area contributed by atoms with Crippen LogP contribution in [0.3, 0.4) is 0 Å². The van der Waals surface area contributed by atoms with Gasteiger partial charge in [0.2, 0.25) is 0 Å². The third kappa shape index (κ3) is 3.35. The largest absolute Gasteiger partial charge is 0.336 e. The van der Waals surface area contributed by atoms with Crippen molar-refractivity contribution in [3.8, 4) is 5.69 Å². The minimum atomic E-state index is -0.219. The normalized spacial score (nSPS) is 17.6. The Morgan fingerprint density at radius 1 is 0.967 bits per heavy atom. The first-order valence-electron chi connectivity index (χ1n) is 11.0. The first kappa shape index (κ1) is 19.7. The van der Waals surface area contributed by atoms with Gasteiger partial charge >= 0.3 is 5.69 Å². The first-order chi connectivity index (χ1) is 14.7. The van der Waals surface area contributed by atoms with Crippen molar-refractivity contribution >= 4 is 21.6 Å². The Balaban J connectivity index is 1.70. The summed E-state index contributed by atoms with van der Waals surface area (Å²) in [5.74, 6) is 0. The van der Waals surface area contributed by atoms with Crippen LogP contribution in [0.15, 0.2) is 39.9 Å². The maximum atomic E-state index is 13.6. The average molecular weight is 425 g/mol. The van der Waals surface area contributed by atoms with Crippen LogP contribution in [0, 0.1) is 0 Å². The second kappa shape index (κ2) is 8.13. The van der Waals surface area contributed by atoms with E-state index in [4.69, 9.17) is 0 Å². The zero-order chi connectivity index (χ0) is 20.7. The summed E-state index contributed by atoms with van der Waals surface area (Å²) in [6.07, 6.45) is 3.33. The van der Waals surface area contributed by atoms with E-state index in [2.05, 4.69) is 16.7 Å². The van der Waals surface area contributed by atoms with E-state index in [1.54, 1.807) is 11.3 Å². The number of hydrogen-bond acceptors (Lipinski definition) is 5. The molecule has 0 amide bonds. The third-order valence-corrected chi connectivity index (χ3v) is 7.74. The Morgan fingerprint density at radius 3 is 2.47 bits per heavy atom. The van der Waals surface area contributed by atoms with Crippen LogP contribution in [0.5, 0.6) is 0 Å². The number of fused-ring (bicyclic) bond motifs is 3. The smallest absolute Gasteiger partial charge is 0.302 e. The molecule has 0 atom stereocenters. The van der Waals surface area contributed by atoms with Crippen molar-refractivity contribution in [1.29, 1.82) is 0 Å². The zero-order valence-corrected chi connectivity index (χ0v) is 18.3. The molecule has 0 radical (unpaired) electrons. The Kier molecular flexibility index (Phi) is 5.35. The topological polar surface area (TPSA) is 50.5 Å².